The molecular weight excluding hydrogens is 346 g/mol. The van der Waals surface area contributed by atoms with E-state index in [1.54, 1.807) is 0 Å². The molecule has 5 heteroatoms. The quantitative estimate of drug-likeness (QED) is 0.832. The number of urea groups is 1. The van der Waals surface area contributed by atoms with Crippen molar-refractivity contribution in [1.82, 2.24) is 9.80 Å². The average molecular weight is 370 g/mol. The van der Waals surface area contributed by atoms with E-state index in [0.717, 1.165) is 49.2 Å². The van der Waals surface area contributed by atoms with Crippen LogP contribution in [0.2, 0.25) is 5.02 Å². The van der Waals surface area contributed by atoms with Crippen molar-refractivity contribution >= 4 is 23.3 Å². The minimum absolute atomic E-state index is 0.0241. The predicted molar refractivity (Wildman–Crippen MR) is 107 cm³/mol. The average Bonchev–Trinajstić information content (AvgIpc) is 2.94. The first-order chi connectivity index (χ1) is 12.6. The zero-order valence-corrected chi connectivity index (χ0v) is 15.7. The summed E-state index contributed by atoms with van der Waals surface area (Å²) in [4.78, 5) is 17.4. The molecule has 26 heavy (non-hydrogen) atoms. The summed E-state index contributed by atoms with van der Waals surface area (Å²) in [5, 5.41) is 3.83. The van der Waals surface area contributed by atoms with Gasteiger partial charge in [-0.1, -0.05) is 35.9 Å². The Balaban J connectivity index is 1.52. The molecule has 2 fully saturated rings. The Hall–Kier alpha value is -2.04. The highest BCUT2D eigenvalue weighted by Gasteiger charge is 2.39. The molecule has 2 aromatic rings. The van der Waals surface area contributed by atoms with Gasteiger partial charge in [0, 0.05) is 29.3 Å². The van der Waals surface area contributed by atoms with Crippen LogP contribution >= 0.6 is 11.6 Å². The molecule has 2 aliphatic rings. The third-order valence-electron chi connectivity index (χ3n) is 5.49. The fourth-order valence-corrected chi connectivity index (χ4v) is 4.40. The Bertz CT molecular complexity index is 809. The summed E-state index contributed by atoms with van der Waals surface area (Å²) >= 11 is 6.11. The van der Waals surface area contributed by atoms with Gasteiger partial charge in [-0.25, -0.2) is 4.79 Å². The van der Waals surface area contributed by atoms with E-state index in [1.165, 1.54) is 0 Å². The predicted octanol–water partition coefficient (Wildman–Crippen LogP) is 4.71. The monoisotopic (exact) mass is 369 g/mol. The normalized spacial score (nSPS) is 22.9. The summed E-state index contributed by atoms with van der Waals surface area (Å²) in [5.74, 6) is 0. The molecule has 2 atom stereocenters. The summed E-state index contributed by atoms with van der Waals surface area (Å²) in [6.07, 6.45) is 3.28. The number of amides is 2. The largest absolute Gasteiger partial charge is 0.322 e. The lowest BCUT2D eigenvalue weighted by atomic mass is 10.1. The highest BCUT2D eigenvalue weighted by Crippen LogP contribution is 2.31. The second kappa shape index (κ2) is 7.29. The van der Waals surface area contributed by atoms with Crippen LogP contribution < -0.4 is 5.32 Å². The number of carbonyl (C=O) groups excluding carboxylic acids is 1. The Morgan fingerprint density at radius 2 is 1.77 bits per heavy atom. The van der Waals surface area contributed by atoms with Crippen LogP contribution in [0.3, 0.4) is 0 Å². The van der Waals surface area contributed by atoms with Crippen molar-refractivity contribution < 1.29 is 4.79 Å². The lowest BCUT2D eigenvalue weighted by molar-refractivity contribution is 0.186. The molecule has 0 spiro atoms. The number of benzene rings is 2. The number of rotatable bonds is 2. The number of carbonyl (C=O) groups is 1. The van der Waals surface area contributed by atoms with Crippen LogP contribution in [0.5, 0.6) is 0 Å². The summed E-state index contributed by atoms with van der Waals surface area (Å²) in [6.45, 7) is 2.03. The lowest BCUT2D eigenvalue weighted by Gasteiger charge is -2.28. The molecule has 0 unspecified atom stereocenters. The summed E-state index contributed by atoms with van der Waals surface area (Å²) in [5.41, 5.74) is 2.92. The number of anilines is 1. The summed E-state index contributed by atoms with van der Waals surface area (Å²) in [6, 6.07) is 16.4. The number of fused-ring (bicyclic) bond motifs is 2. The molecule has 4 rings (SSSR count). The minimum atomic E-state index is 0.0241. The first-order valence-electron chi connectivity index (χ1n) is 9.24. The molecule has 0 aliphatic carbocycles. The number of nitrogens with zero attached hydrogens (tertiary/aromatic N) is 2. The summed E-state index contributed by atoms with van der Waals surface area (Å²) in [7, 11) is 2.14. The van der Waals surface area contributed by atoms with Crippen molar-refractivity contribution in [3.63, 3.8) is 0 Å². The SMILES string of the molecule is CN1CC[C@H]2CC[C@@H](C1)N2C(=O)Nc1cccc(-c2cccc(Cl)c2)c1. The molecule has 2 heterocycles. The van der Waals surface area contributed by atoms with Crippen LogP contribution in [0.25, 0.3) is 11.1 Å². The highest BCUT2D eigenvalue weighted by molar-refractivity contribution is 6.30. The molecule has 0 aromatic heterocycles. The number of nitrogens with one attached hydrogen (secondary N) is 1. The van der Waals surface area contributed by atoms with E-state index in [2.05, 4.69) is 22.2 Å². The highest BCUT2D eigenvalue weighted by atomic mass is 35.5. The first kappa shape index (κ1) is 17.4. The second-order valence-corrected chi connectivity index (χ2v) is 7.80. The van der Waals surface area contributed by atoms with E-state index >= 15 is 0 Å². The molecule has 0 radical (unpaired) electrons. The van der Waals surface area contributed by atoms with Gasteiger partial charge < -0.3 is 15.1 Å². The maximum absolute atomic E-state index is 13.0. The molecule has 2 amide bonds. The Labute approximate surface area is 159 Å². The van der Waals surface area contributed by atoms with Gasteiger partial charge in [0.2, 0.25) is 0 Å². The van der Waals surface area contributed by atoms with E-state index in [-0.39, 0.29) is 6.03 Å². The van der Waals surface area contributed by atoms with Crippen molar-refractivity contribution in [3.8, 4) is 11.1 Å². The number of halogens is 1. The molecule has 136 valence electrons. The van der Waals surface area contributed by atoms with Crippen LogP contribution in [-0.2, 0) is 0 Å². The van der Waals surface area contributed by atoms with Crippen molar-refractivity contribution in [2.24, 2.45) is 0 Å². The van der Waals surface area contributed by atoms with Gasteiger partial charge in [0.15, 0.2) is 0 Å². The topological polar surface area (TPSA) is 35.6 Å². The second-order valence-electron chi connectivity index (χ2n) is 7.36. The van der Waals surface area contributed by atoms with Crippen LogP contribution in [0, 0.1) is 0 Å². The van der Waals surface area contributed by atoms with Gasteiger partial charge in [0.1, 0.15) is 0 Å². The Morgan fingerprint density at radius 1 is 1.04 bits per heavy atom. The lowest BCUT2D eigenvalue weighted by Crippen LogP contribution is -2.45. The van der Waals surface area contributed by atoms with Gasteiger partial charge in [-0.2, -0.15) is 0 Å². The van der Waals surface area contributed by atoms with Crippen LogP contribution in [0.4, 0.5) is 10.5 Å². The van der Waals surface area contributed by atoms with Crippen molar-refractivity contribution in [2.75, 3.05) is 25.5 Å². The van der Waals surface area contributed by atoms with E-state index in [4.69, 9.17) is 11.6 Å². The van der Waals surface area contributed by atoms with E-state index in [0.29, 0.717) is 17.1 Å². The summed E-state index contributed by atoms with van der Waals surface area (Å²) < 4.78 is 0. The first-order valence-corrected chi connectivity index (χ1v) is 9.62. The number of likely N-dealkylation sites (tertiary alicyclic amines) is 1. The van der Waals surface area contributed by atoms with Gasteiger partial charge in [0.25, 0.3) is 0 Å². The molecule has 2 aliphatic heterocycles. The molecule has 0 saturated carbocycles. The molecule has 2 aromatic carbocycles. The molecule has 2 bridgehead atoms. The number of hydrogen-bond acceptors (Lipinski definition) is 2. The third-order valence-corrected chi connectivity index (χ3v) is 5.73. The number of hydrogen-bond donors (Lipinski definition) is 1. The Morgan fingerprint density at radius 3 is 2.58 bits per heavy atom. The van der Waals surface area contributed by atoms with Crippen molar-refractivity contribution in [2.45, 2.75) is 31.3 Å². The van der Waals surface area contributed by atoms with Crippen molar-refractivity contribution in [3.05, 3.63) is 53.6 Å². The van der Waals surface area contributed by atoms with E-state index in [1.807, 2.05) is 48.5 Å². The van der Waals surface area contributed by atoms with Gasteiger partial charge in [0.05, 0.1) is 0 Å². The maximum Gasteiger partial charge on any atom is 0.322 e. The standard InChI is InChI=1S/C21H24ClN3O/c1-24-11-10-19-8-9-20(14-24)25(19)21(26)23-18-7-3-5-16(13-18)15-4-2-6-17(22)12-15/h2-7,12-13,19-20H,8-11,14H2,1H3,(H,23,26)/t19-,20+/m1/s1. The molecular formula is C21H24ClN3O. The Kier molecular flexibility index (Phi) is 4.88. The van der Waals surface area contributed by atoms with Gasteiger partial charge in [-0.3, -0.25) is 0 Å². The molecule has 4 nitrogen and oxygen atoms in total. The zero-order chi connectivity index (χ0) is 18.1. The van der Waals surface area contributed by atoms with E-state index < -0.39 is 0 Å². The number of likely N-dealkylation sites (N-methyl/N-ethyl adjacent to an activating group) is 1. The smallest absolute Gasteiger partial charge is 0.317 e. The van der Waals surface area contributed by atoms with Crippen LogP contribution in [0.15, 0.2) is 48.5 Å². The van der Waals surface area contributed by atoms with Crippen LogP contribution in [0.1, 0.15) is 19.3 Å². The fourth-order valence-electron chi connectivity index (χ4n) is 4.21. The van der Waals surface area contributed by atoms with Gasteiger partial charge in [-0.15, -0.1) is 0 Å². The van der Waals surface area contributed by atoms with Gasteiger partial charge >= 0.3 is 6.03 Å². The van der Waals surface area contributed by atoms with E-state index in [9.17, 15) is 4.79 Å². The maximum atomic E-state index is 13.0. The van der Waals surface area contributed by atoms with Gasteiger partial charge in [-0.05, 0) is 68.2 Å². The minimum Gasteiger partial charge on any atom is -0.317 e. The molecule has 2 saturated heterocycles. The van der Waals surface area contributed by atoms with Crippen molar-refractivity contribution in [1.29, 1.82) is 0 Å². The van der Waals surface area contributed by atoms with Crippen LogP contribution in [-0.4, -0.2) is 48.1 Å². The molecule has 1 N–H and O–H groups in total. The third kappa shape index (κ3) is 3.57. The fraction of sp³-hybridized carbons (Fsp3) is 0.381. The zero-order valence-electron chi connectivity index (χ0n) is 15.0.